The highest BCUT2D eigenvalue weighted by atomic mass is 35.5. The number of nitrogens with zero attached hydrogens (tertiary/aromatic N) is 4. The average Bonchev–Trinajstić information content (AvgIpc) is 2.70. The number of fused-ring (bicyclic) bond motifs is 1. The molecule has 3 aromatic heterocycles. The molecule has 1 N–H and O–H groups in total. The maximum Gasteiger partial charge on any atom is 0.266 e. The van der Waals surface area contributed by atoms with Crippen LogP contribution >= 0.6 is 11.6 Å². The lowest BCUT2D eigenvalue weighted by atomic mass is 10.1. The lowest BCUT2D eigenvalue weighted by Crippen LogP contribution is -2.21. The van der Waals surface area contributed by atoms with Crippen molar-refractivity contribution in [3.05, 3.63) is 51.0 Å². The van der Waals surface area contributed by atoms with Crippen molar-refractivity contribution in [1.29, 1.82) is 0 Å². The lowest BCUT2D eigenvalue weighted by molar-refractivity contribution is 0.151. The zero-order chi connectivity index (χ0) is 21.3. The molecule has 3 heterocycles. The van der Waals surface area contributed by atoms with Gasteiger partial charge in [0.25, 0.3) is 12.0 Å². The minimum atomic E-state index is -2.78. The van der Waals surface area contributed by atoms with E-state index in [-0.39, 0.29) is 29.8 Å². The second-order valence-corrected chi connectivity index (χ2v) is 6.77. The monoisotopic (exact) mass is 424 g/mol. The van der Waals surface area contributed by atoms with Gasteiger partial charge in [0.15, 0.2) is 0 Å². The molecule has 0 aliphatic heterocycles. The van der Waals surface area contributed by atoms with Gasteiger partial charge in [-0.25, -0.2) is 13.8 Å². The van der Waals surface area contributed by atoms with Crippen molar-refractivity contribution in [2.45, 2.75) is 13.3 Å². The highest BCUT2D eigenvalue weighted by Gasteiger charge is 2.19. The molecule has 0 radical (unpaired) electrons. The zero-order valence-corrected chi connectivity index (χ0v) is 16.7. The number of anilines is 2. The van der Waals surface area contributed by atoms with Crippen LogP contribution in [0.5, 0.6) is 5.88 Å². The fourth-order valence-electron chi connectivity index (χ4n) is 2.97. The molecule has 0 amide bonds. The van der Waals surface area contributed by atoms with Crippen molar-refractivity contribution in [2.75, 3.05) is 25.2 Å². The number of halogens is 3. The van der Waals surface area contributed by atoms with Crippen molar-refractivity contribution >= 4 is 34.0 Å². The van der Waals surface area contributed by atoms with Crippen molar-refractivity contribution < 1.29 is 18.6 Å². The third-order valence-corrected chi connectivity index (χ3v) is 4.81. The fraction of sp³-hybridized carbons (Fsp3) is 0.316. The Hall–Kier alpha value is -2.78. The summed E-state index contributed by atoms with van der Waals surface area (Å²) in [6.07, 6.45) is -1.42. The third-order valence-electron chi connectivity index (χ3n) is 4.49. The highest BCUT2D eigenvalue weighted by molar-refractivity contribution is 6.30. The molecule has 0 aliphatic carbocycles. The number of aromatic nitrogens is 3. The predicted octanol–water partition coefficient (Wildman–Crippen LogP) is 3.37. The van der Waals surface area contributed by atoms with Crippen LogP contribution in [0.3, 0.4) is 0 Å². The van der Waals surface area contributed by atoms with Crippen molar-refractivity contribution in [3.63, 3.8) is 0 Å². The molecule has 0 saturated heterocycles. The van der Waals surface area contributed by atoms with E-state index < -0.39 is 12.0 Å². The fourth-order valence-corrected chi connectivity index (χ4v) is 3.15. The Labute approximate surface area is 170 Å². The number of hydrogen-bond donors (Lipinski definition) is 1. The summed E-state index contributed by atoms with van der Waals surface area (Å²) in [7, 11) is 3.26. The van der Waals surface area contributed by atoms with Crippen LogP contribution in [0.2, 0.25) is 5.15 Å². The van der Waals surface area contributed by atoms with Crippen LogP contribution in [0.1, 0.15) is 17.6 Å². The Bertz CT molecular complexity index is 1120. The molecule has 0 saturated carbocycles. The van der Waals surface area contributed by atoms with Gasteiger partial charge in [-0.05, 0) is 19.1 Å². The molecule has 0 atom stereocenters. The first-order valence-electron chi connectivity index (χ1n) is 8.67. The minimum absolute atomic E-state index is 0.0134. The Morgan fingerprint density at radius 3 is 2.72 bits per heavy atom. The van der Waals surface area contributed by atoms with Gasteiger partial charge in [-0.1, -0.05) is 11.6 Å². The van der Waals surface area contributed by atoms with Gasteiger partial charge in [0.2, 0.25) is 5.88 Å². The molecule has 3 rings (SSSR count). The minimum Gasteiger partial charge on any atom is -0.475 e. The Morgan fingerprint density at radius 1 is 1.34 bits per heavy atom. The first kappa shape index (κ1) is 20.9. The molecular weight excluding hydrogens is 406 g/mol. The first-order valence-corrected chi connectivity index (χ1v) is 9.04. The Kier molecular flexibility index (Phi) is 5.99. The highest BCUT2D eigenvalue weighted by Crippen LogP contribution is 2.34. The second-order valence-electron chi connectivity index (χ2n) is 6.41. The number of aliphatic hydroxyl groups excluding tert-OH is 1. The molecule has 3 aromatic rings. The molecule has 0 fully saturated rings. The molecule has 0 bridgehead atoms. The van der Waals surface area contributed by atoms with Crippen LogP contribution in [-0.4, -0.2) is 39.9 Å². The van der Waals surface area contributed by atoms with Crippen LogP contribution in [0.15, 0.2) is 29.2 Å². The van der Waals surface area contributed by atoms with Crippen LogP contribution in [0, 0.1) is 6.92 Å². The van der Waals surface area contributed by atoms with E-state index in [9.17, 15) is 13.6 Å². The van der Waals surface area contributed by atoms with Crippen molar-refractivity contribution in [1.82, 2.24) is 14.5 Å². The SMILES string of the molecule is Cc1cc2c(N(C)c3cnc(Cl)c(C(F)F)c3)nc(OCCO)cc2n(C)c1=O. The zero-order valence-electron chi connectivity index (χ0n) is 16.0. The smallest absolute Gasteiger partial charge is 0.266 e. The average molecular weight is 425 g/mol. The number of ether oxygens (including phenoxy) is 1. The van der Waals surface area contributed by atoms with E-state index in [0.717, 1.165) is 0 Å². The van der Waals surface area contributed by atoms with Gasteiger partial charge in [-0.3, -0.25) is 4.79 Å². The van der Waals surface area contributed by atoms with Crippen LogP contribution in [0.25, 0.3) is 10.9 Å². The molecule has 0 aliphatic rings. The molecule has 7 nitrogen and oxygen atoms in total. The molecule has 0 unspecified atom stereocenters. The number of alkyl halides is 2. The van der Waals surface area contributed by atoms with E-state index in [1.807, 2.05) is 0 Å². The van der Waals surface area contributed by atoms with E-state index >= 15 is 0 Å². The summed E-state index contributed by atoms with van der Waals surface area (Å²) in [5.41, 5.74) is 0.809. The third kappa shape index (κ3) is 4.01. The number of pyridine rings is 3. The summed E-state index contributed by atoms with van der Waals surface area (Å²) in [6, 6.07) is 4.52. The second kappa shape index (κ2) is 8.30. The van der Waals surface area contributed by atoms with Gasteiger partial charge in [-0.15, -0.1) is 0 Å². The van der Waals surface area contributed by atoms with Gasteiger partial charge >= 0.3 is 0 Å². The summed E-state index contributed by atoms with van der Waals surface area (Å²) in [5, 5.41) is 9.38. The van der Waals surface area contributed by atoms with E-state index in [0.29, 0.717) is 28.0 Å². The van der Waals surface area contributed by atoms with E-state index in [4.69, 9.17) is 21.4 Å². The summed E-state index contributed by atoms with van der Waals surface area (Å²) in [6.45, 7) is 1.48. The van der Waals surface area contributed by atoms with E-state index in [1.54, 1.807) is 38.1 Å². The summed E-state index contributed by atoms with van der Waals surface area (Å²) in [5.74, 6) is 0.557. The number of rotatable bonds is 6. The number of aryl methyl sites for hydroxylation is 2. The lowest BCUT2D eigenvalue weighted by Gasteiger charge is -2.22. The maximum atomic E-state index is 13.2. The molecular formula is C19H19ClF2N4O3. The van der Waals surface area contributed by atoms with E-state index in [1.165, 1.54) is 16.8 Å². The van der Waals surface area contributed by atoms with Gasteiger partial charge < -0.3 is 19.3 Å². The summed E-state index contributed by atoms with van der Waals surface area (Å²) in [4.78, 5) is 22.2. The molecule has 10 heteroatoms. The van der Waals surface area contributed by atoms with Crippen molar-refractivity contribution in [3.8, 4) is 5.88 Å². The topological polar surface area (TPSA) is 80.5 Å². The molecule has 29 heavy (non-hydrogen) atoms. The molecule has 0 aromatic carbocycles. The predicted molar refractivity (Wildman–Crippen MR) is 107 cm³/mol. The number of hydrogen-bond acceptors (Lipinski definition) is 6. The van der Waals surface area contributed by atoms with Crippen LogP contribution < -0.4 is 15.2 Å². The Morgan fingerprint density at radius 2 is 2.07 bits per heavy atom. The van der Waals surface area contributed by atoms with Crippen LogP contribution in [-0.2, 0) is 7.05 Å². The van der Waals surface area contributed by atoms with Gasteiger partial charge in [0, 0.05) is 31.1 Å². The normalized spacial score (nSPS) is 11.3. The van der Waals surface area contributed by atoms with E-state index in [2.05, 4.69) is 9.97 Å². The molecule has 0 spiro atoms. The summed E-state index contributed by atoms with van der Waals surface area (Å²) < 4.78 is 33.4. The Balaban J connectivity index is 2.24. The standard InChI is InChI=1S/C19H19ClF2N4O3/c1-10-6-12-14(26(3)19(10)28)8-15(29-5-4-27)24-18(12)25(2)11-7-13(17(21)22)16(20)23-9-11/h6-9,17,27H,4-5H2,1-3H3. The number of aliphatic hydroxyl groups is 1. The van der Waals surface area contributed by atoms with Crippen LogP contribution in [0.4, 0.5) is 20.3 Å². The quantitative estimate of drug-likeness (QED) is 0.611. The molecule has 154 valence electrons. The maximum absolute atomic E-state index is 13.2. The van der Waals surface area contributed by atoms with Gasteiger partial charge in [0.1, 0.15) is 17.6 Å². The van der Waals surface area contributed by atoms with Gasteiger partial charge in [0.05, 0.1) is 29.6 Å². The largest absolute Gasteiger partial charge is 0.475 e. The first-order chi connectivity index (χ1) is 13.7. The summed E-state index contributed by atoms with van der Waals surface area (Å²) >= 11 is 5.77. The van der Waals surface area contributed by atoms with Crippen molar-refractivity contribution in [2.24, 2.45) is 7.05 Å². The van der Waals surface area contributed by atoms with Gasteiger partial charge in [-0.2, -0.15) is 4.98 Å².